The molecule has 3 nitrogen and oxygen atoms in total. The third-order valence-electron chi connectivity index (χ3n) is 2.50. The van der Waals surface area contributed by atoms with Crippen LogP contribution >= 0.6 is 15.9 Å². The topological polar surface area (TPSA) is 42.2 Å². The van der Waals surface area contributed by atoms with Crippen molar-refractivity contribution in [1.29, 1.82) is 0 Å². The second-order valence-corrected chi connectivity index (χ2v) is 4.96. The fourth-order valence-electron chi connectivity index (χ4n) is 1.46. The maximum absolute atomic E-state index is 11.8. The van der Waals surface area contributed by atoms with Gasteiger partial charge in [-0.3, -0.25) is 4.79 Å². The van der Waals surface area contributed by atoms with Gasteiger partial charge in [-0.25, -0.2) is 0 Å². The van der Waals surface area contributed by atoms with Crippen LogP contribution in [0.25, 0.3) is 0 Å². The summed E-state index contributed by atoms with van der Waals surface area (Å²) in [4.78, 5) is 12.2. The summed E-state index contributed by atoms with van der Waals surface area (Å²) in [5.74, 6) is 0.713. The zero-order chi connectivity index (χ0) is 12.0. The molecule has 1 amide bonds. The largest absolute Gasteiger partial charge is 0.469 e. The number of aryl methyl sites for hydroxylation is 1. The summed E-state index contributed by atoms with van der Waals surface area (Å²) in [6.45, 7) is 4.78. The Morgan fingerprint density at radius 3 is 2.94 bits per heavy atom. The Morgan fingerprint density at radius 1 is 1.56 bits per heavy atom. The van der Waals surface area contributed by atoms with E-state index in [0.717, 1.165) is 25.0 Å². The SMILES string of the molecule is CCc1occc1C(=O)NCCC(Br)CC. The van der Waals surface area contributed by atoms with E-state index in [1.807, 2.05) is 6.92 Å². The van der Waals surface area contributed by atoms with Crippen LogP contribution in [0.1, 0.15) is 42.8 Å². The number of amides is 1. The fraction of sp³-hybridized carbons (Fsp3) is 0.583. The molecular formula is C12H18BrNO2. The highest BCUT2D eigenvalue weighted by Crippen LogP contribution is 2.11. The Kier molecular flexibility index (Phi) is 5.60. The number of hydrogen-bond acceptors (Lipinski definition) is 2. The van der Waals surface area contributed by atoms with E-state index in [4.69, 9.17) is 4.42 Å². The molecule has 4 heteroatoms. The number of rotatable bonds is 6. The van der Waals surface area contributed by atoms with E-state index >= 15 is 0 Å². The van der Waals surface area contributed by atoms with Crippen molar-refractivity contribution in [2.45, 2.75) is 37.9 Å². The van der Waals surface area contributed by atoms with Gasteiger partial charge < -0.3 is 9.73 Å². The Bertz CT molecular complexity index is 336. The Hall–Kier alpha value is -0.770. The van der Waals surface area contributed by atoms with E-state index in [1.54, 1.807) is 12.3 Å². The predicted octanol–water partition coefficient (Wildman–Crippen LogP) is 3.14. The van der Waals surface area contributed by atoms with E-state index in [9.17, 15) is 4.79 Å². The summed E-state index contributed by atoms with van der Waals surface area (Å²) < 4.78 is 5.21. The van der Waals surface area contributed by atoms with Crippen molar-refractivity contribution in [1.82, 2.24) is 5.32 Å². The van der Waals surface area contributed by atoms with Crippen molar-refractivity contribution in [2.75, 3.05) is 6.54 Å². The van der Waals surface area contributed by atoms with E-state index in [2.05, 4.69) is 28.2 Å². The molecular weight excluding hydrogens is 270 g/mol. The molecule has 0 aromatic carbocycles. The molecule has 0 radical (unpaired) electrons. The van der Waals surface area contributed by atoms with Gasteiger partial charge in [-0.05, 0) is 18.9 Å². The van der Waals surface area contributed by atoms with Crippen molar-refractivity contribution in [3.05, 3.63) is 23.7 Å². The molecule has 1 unspecified atom stereocenters. The molecule has 0 aliphatic carbocycles. The minimum atomic E-state index is -0.0404. The van der Waals surface area contributed by atoms with Crippen molar-refractivity contribution in [2.24, 2.45) is 0 Å². The second kappa shape index (κ2) is 6.74. The summed E-state index contributed by atoms with van der Waals surface area (Å²) in [5.41, 5.74) is 0.658. The molecule has 1 aromatic heterocycles. The van der Waals surface area contributed by atoms with E-state index in [0.29, 0.717) is 16.9 Å². The van der Waals surface area contributed by atoms with Gasteiger partial charge in [0.25, 0.3) is 5.91 Å². The summed E-state index contributed by atoms with van der Waals surface area (Å²) in [7, 11) is 0. The zero-order valence-electron chi connectivity index (χ0n) is 9.75. The van der Waals surface area contributed by atoms with Crippen LogP contribution in [0.4, 0.5) is 0 Å². The van der Waals surface area contributed by atoms with E-state index in [-0.39, 0.29) is 5.91 Å². The van der Waals surface area contributed by atoms with Crippen LogP contribution in [0, 0.1) is 0 Å². The molecule has 16 heavy (non-hydrogen) atoms. The molecule has 1 rings (SSSR count). The molecule has 0 bridgehead atoms. The Labute approximate surface area is 105 Å². The van der Waals surface area contributed by atoms with Gasteiger partial charge in [0.15, 0.2) is 0 Å². The van der Waals surface area contributed by atoms with Gasteiger partial charge >= 0.3 is 0 Å². The molecule has 0 aliphatic heterocycles. The van der Waals surface area contributed by atoms with Crippen LogP contribution in [-0.2, 0) is 6.42 Å². The van der Waals surface area contributed by atoms with Crippen LogP contribution in [-0.4, -0.2) is 17.3 Å². The number of alkyl halides is 1. The Balaban J connectivity index is 2.41. The highest BCUT2D eigenvalue weighted by atomic mass is 79.9. The molecule has 1 N–H and O–H groups in total. The molecule has 0 saturated carbocycles. The third-order valence-corrected chi connectivity index (χ3v) is 3.60. The predicted molar refractivity (Wildman–Crippen MR) is 68.0 cm³/mol. The summed E-state index contributed by atoms with van der Waals surface area (Å²) in [6, 6.07) is 1.72. The number of furan rings is 1. The van der Waals surface area contributed by atoms with Crippen molar-refractivity contribution in [3.8, 4) is 0 Å². The van der Waals surface area contributed by atoms with Crippen molar-refractivity contribution < 1.29 is 9.21 Å². The minimum absolute atomic E-state index is 0.0404. The van der Waals surface area contributed by atoms with Crippen LogP contribution in [0.2, 0.25) is 0 Å². The smallest absolute Gasteiger partial charge is 0.254 e. The van der Waals surface area contributed by atoms with Gasteiger partial charge in [-0.15, -0.1) is 0 Å². The summed E-state index contributed by atoms with van der Waals surface area (Å²) in [5, 5.41) is 2.90. The highest BCUT2D eigenvalue weighted by molar-refractivity contribution is 9.09. The fourth-order valence-corrected chi connectivity index (χ4v) is 1.69. The molecule has 1 aromatic rings. The third kappa shape index (κ3) is 3.67. The summed E-state index contributed by atoms with van der Waals surface area (Å²) >= 11 is 3.53. The van der Waals surface area contributed by atoms with Gasteiger partial charge in [0.1, 0.15) is 5.76 Å². The maximum atomic E-state index is 11.8. The first-order valence-corrected chi connectivity index (χ1v) is 6.59. The standard InChI is InChI=1S/C12H18BrNO2/c1-3-9(13)5-7-14-12(15)10-6-8-16-11(10)4-2/h6,8-9H,3-5,7H2,1-2H3,(H,14,15). The molecule has 90 valence electrons. The van der Waals surface area contributed by atoms with Crippen molar-refractivity contribution in [3.63, 3.8) is 0 Å². The van der Waals surface area contributed by atoms with Gasteiger partial charge in [0.05, 0.1) is 11.8 Å². The van der Waals surface area contributed by atoms with Gasteiger partial charge in [0, 0.05) is 17.8 Å². The summed E-state index contributed by atoms with van der Waals surface area (Å²) in [6.07, 6.45) is 4.32. The van der Waals surface area contributed by atoms with E-state index < -0.39 is 0 Å². The first kappa shape index (κ1) is 13.3. The molecule has 0 aliphatic rings. The van der Waals surface area contributed by atoms with Crippen LogP contribution in [0.3, 0.4) is 0 Å². The van der Waals surface area contributed by atoms with Crippen LogP contribution in [0.5, 0.6) is 0 Å². The average molecular weight is 288 g/mol. The lowest BCUT2D eigenvalue weighted by atomic mass is 10.2. The van der Waals surface area contributed by atoms with Crippen LogP contribution < -0.4 is 5.32 Å². The van der Waals surface area contributed by atoms with Crippen LogP contribution in [0.15, 0.2) is 16.7 Å². The normalized spacial score (nSPS) is 12.4. The second-order valence-electron chi connectivity index (χ2n) is 3.66. The monoisotopic (exact) mass is 287 g/mol. The average Bonchev–Trinajstić information content (AvgIpc) is 2.76. The number of carbonyl (C=O) groups excluding carboxylic acids is 1. The first-order valence-electron chi connectivity index (χ1n) is 5.67. The molecule has 0 spiro atoms. The molecule has 1 heterocycles. The molecule has 0 saturated heterocycles. The minimum Gasteiger partial charge on any atom is -0.469 e. The van der Waals surface area contributed by atoms with Crippen molar-refractivity contribution >= 4 is 21.8 Å². The van der Waals surface area contributed by atoms with Gasteiger partial charge in [-0.1, -0.05) is 29.8 Å². The number of carbonyl (C=O) groups is 1. The number of halogens is 1. The Morgan fingerprint density at radius 2 is 2.31 bits per heavy atom. The quantitative estimate of drug-likeness (QED) is 0.817. The molecule has 1 atom stereocenters. The zero-order valence-corrected chi connectivity index (χ0v) is 11.3. The lowest BCUT2D eigenvalue weighted by molar-refractivity contribution is 0.0951. The number of nitrogens with one attached hydrogen (secondary N) is 1. The molecule has 0 fully saturated rings. The lowest BCUT2D eigenvalue weighted by Gasteiger charge is -2.07. The maximum Gasteiger partial charge on any atom is 0.254 e. The van der Waals surface area contributed by atoms with Gasteiger partial charge in [0.2, 0.25) is 0 Å². The highest BCUT2D eigenvalue weighted by Gasteiger charge is 2.12. The number of hydrogen-bond donors (Lipinski definition) is 1. The van der Waals surface area contributed by atoms with Gasteiger partial charge in [-0.2, -0.15) is 0 Å². The van der Waals surface area contributed by atoms with E-state index in [1.165, 1.54) is 0 Å². The first-order chi connectivity index (χ1) is 7.69. The lowest BCUT2D eigenvalue weighted by Crippen LogP contribution is -2.26.